The predicted octanol–water partition coefficient (Wildman–Crippen LogP) is 2.98. The Hall–Kier alpha value is -2.20. The van der Waals surface area contributed by atoms with Gasteiger partial charge in [0, 0.05) is 43.6 Å². The molecule has 0 aromatic heterocycles. The molecule has 2 fully saturated rings. The van der Waals surface area contributed by atoms with Gasteiger partial charge in [-0.1, -0.05) is 0 Å². The Labute approximate surface area is 146 Å². The van der Waals surface area contributed by atoms with Gasteiger partial charge < -0.3 is 14.4 Å². The second kappa shape index (κ2) is 6.51. The van der Waals surface area contributed by atoms with E-state index in [2.05, 4.69) is 0 Å². The summed E-state index contributed by atoms with van der Waals surface area (Å²) < 4.78 is 50.3. The lowest BCUT2D eigenvalue weighted by Crippen LogP contribution is -2.47. The Morgan fingerprint density at radius 2 is 1.96 bits per heavy atom. The lowest BCUT2D eigenvalue weighted by molar-refractivity contribution is -0.385. The monoisotopic (exact) mass is 374 g/mol. The molecule has 2 heterocycles. The molecule has 26 heavy (non-hydrogen) atoms. The molecule has 2 aliphatic heterocycles. The number of benzene rings is 1. The normalized spacial score (nSPS) is 22.6. The molecule has 1 aromatic carbocycles. The number of nitro groups is 1. The molecule has 0 saturated carbocycles. The van der Waals surface area contributed by atoms with Crippen LogP contribution >= 0.6 is 0 Å². The Morgan fingerprint density at radius 3 is 2.46 bits per heavy atom. The summed E-state index contributed by atoms with van der Waals surface area (Å²) in [4.78, 5) is 23.9. The minimum atomic E-state index is -4.78. The zero-order chi connectivity index (χ0) is 19.1. The second-order valence-electron chi connectivity index (χ2n) is 6.47. The second-order valence-corrected chi connectivity index (χ2v) is 6.47. The van der Waals surface area contributed by atoms with Crippen LogP contribution in [0.15, 0.2) is 18.2 Å². The van der Waals surface area contributed by atoms with Gasteiger partial charge in [0.1, 0.15) is 0 Å². The number of carbonyl (C=O) groups is 1. The van der Waals surface area contributed by atoms with Crippen LogP contribution in [0.25, 0.3) is 0 Å². The molecule has 0 unspecified atom stereocenters. The summed E-state index contributed by atoms with van der Waals surface area (Å²) in [5.74, 6) is -1.43. The summed E-state index contributed by atoms with van der Waals surface area (Å²) in [5, 5.41) is 10.9. The van der Waals surface area contributed by atoms with Gasteiger partial charge in [-0.15, -0.1) is 0 Å². The van der Waals surface area contributed by atoms with Crippen molar-refractivity contribution < 1.29 is 32.4 Å². The highest BCUT2D eigenvalue weighted by molar-refractivity contribution is 5.95. The Kier molecular flexibility index (Phi) is 4.65. The Balaban J connectivity index is 1.80. The molecule has 1 spiro atoms. The maximum atomic E-state index is 13.0. The van der Waals surface area contributed by atoms with Crippen molar-refractivity contribution >= 4 is 11.6 Å². The van der Waals surface area contributed by atoms with Crippen LogP contribution < -0.4 is 0 Å². The first-order valence-corrected chi connectivity index (χ1v) is 8.07. The summed E-state index contributed by atoms with van der Waals surface area (Å²) in [6.07, 6.45) is -4.05. The van der Waals surface area contributed by atoms with Crippen LogP contribution in [0.4, 0.5) is 18.9 Å². The van der Waals surface area contributed by atoms with Gasteiger partial charge in [-0.05, 0) is 13.0 Å². The predicted molar refractivity (Wildman–Crippen MR) is 82.5 cm³/mol. The van der Waals surface area contributed by atoms with Gasteiger partial charge in [0.15, 0.2) is 5.79 Å². The maximum absolute atomic E-state index is 13.0. The van der Waals surface area contributed by atoms with Crippen molar-refractivity contribution in [1.82, 2.24) is 4.90 Å². The van der Waals surface area contributed by atoms with Crippen LogP contribution in [-0.4, -0.2) is 47.3 Å². The maximum Gasteiger partial charge on any atom is 0.416 e. The van der Waals surface area contributed by atoms with Crippen molar-refractivity contribution in [2.24, 2.45) is 0 Å². The number of halogens is 3. The third-order valence-electron chi connectivity index (χ3n) is 4.51. The number of nitro benzene ring substituents is 1. The molecule has 0 radical (unpaired) electrons. The van der Waals surface area contributed by atoms with Crippen molar-refractivity contribution in [1.29, 1.82) is 0 Å². The zero-order valence-electron chi connectivity index (χ0n) is 13.9. The minimum absolute atomic E-state index is 0.0524. The topological polar surface area (TPSA) is 81.9 Å². The van der Waals surface area contributed by atoms with E-state index in [-0.39, 0.29) is 24.8 Å². The summed E-state index contributed by atoms with van der Waals surface area (Å²) in [6.45, 7) is 2.78. The molecule has 1 amide bonds. The van der Waals surface area contributed by atoms with Crippen molar-refractivity contribution in [3.63, 3.8) is 0 Å². The van der Waals surface area contributed by atoms with Gasteiger partial charge in [0.2, 0.25) is 0 Å². The minimum Gasteiger partial charge on any atom is -0.347 e. The molecule has 1 atom stereocenters. The van der Waals surface area contributed by atoms with Gasteiger partial charge in [-0.25, -0.2) is 0 Å². The fraction of sp³-hybridized carbons (Fsp3) is 0.562. The van der Waals surface area contributed by atoms with E-state index in [0.29, 0.717) is 31.6 Å². The van der Waals surface area contributed by atoms with Crippen molar-refractivity contribution in [2.75, 3.05) is 19.7 Å². The summed E-state index contributed by atoms with van der Waals surface area (Å²) in [7, 11) is 0. The summed E-state index contributed by atoms with van der Waals surface area (Å²) >= 11 is 0. The molecule has 1 aromatic rings. The molecule has 0 N–H and O–H groups in total. The van der Waals surface area contributed by atoms with Gasteiger partial charge >= 0.3 is 6.18 Å². The number of rotatable bonds is 2. The quantitative estimate of drug-likeness (QED) is 0.587. The van der Waals surface area contributed by atoms with Gasteiger partial charge in [0.25, 0.3) is 11.6 Å². The van der Waals surface area contributed by atoms with Crippen LogP contribution in [0.1, 0.15) is 35.7 Å². The van der Waals surface area contributed by atoms with E-state index in [1.165, 1.54) is 4.90 Å². The van der Waals surface area contributed by atoms with Gasteiger partial charge in [0.05, 0.1) is 23.2 Å². The zero-order valence-corrected chi connectivity index (χ0v) is 13.9. The summed E-state index contributed by atoms with van der Waals surface area (Å²) in [6, 6.07) is 1.93. The number of ether oxygens (including phenoxy) is 2. The third-order valence-corrected chi connectivity index (χ3v) is 4.51. The Morgan fingerprint density at radius 1 is 1.31 bits per heavy atom. The fourth-order valence-electron chi connectivity index (χ4n) is 3.20. The number of likely N-dealkylation sites (tertiary alicyclic amines) is 1. The summed E-state index contributed by atoms with van der Waals surface area (Å²) in [5.41, 5.74) is -2.35. The lowest BCUT2D eigenvalue weighted by Gasteiger charge is -2.37. The fourth-order valence-corrected chi connectivity index (χ4v) is 3.20. The molecule has 0 bridgehead atoms. The molecular formula is C16H17F3N2O5. The number of nitrogens with zero attached hydrogens (tertiary/aromatic N) is 2. The van der Waals surface area contributed by atoms with E-state index >= 15 is 0 Å². The molecule has 0 aliphatic carbocycles. The van der Waals surface area contributed by atoms with E-state index in [1.807, 2.05) is 6.92 Å². The molecule has 142 valence electrons. The van der Waals surface area contributed by atoms with Crippen molar-refractivity contribution in [3.8, 4) is 0 Å². The number of carbonyl (C=O) groups excluding carboxylic acids is 1. The van der Waals surface area contributed by atoms with Gasteiger partial charge in [-0.2, -0.15) is 13.2 Å². The van der Waals surface area contributed by atoms with Crippen LogP contribution in [-0.2, 0) is 15.7 Å². The SMILES string of the molecule is C[C@H]1COC2(CCN(C(=O)c3cc([N+](=O)[O-])cc(C(F)(F)F)c3)CC2)O1. The van der Waals surface area contributed by atoms with Crippen LogP contribution in [0.5, 0.6) is 0 Å². The lowest BCUT2D eigenvalue weighted by atomic mass is 10.0. The highest BCUT2D eigenvalue weighted by Crippen LogP contribution is 2.36. The first-order valence-electron chi connectivity index (χ1n) is 8.07. The first kappa shape index (κ1) is 18.6. The van der Waals surface area contributed by atoms with Crippen LogP contribution in [0.2, 0.25) is 0 Å². The highest BCUT2D eigenvalue weighted by atomic mass is 19.4. The molecular weight excluding hydrogens is 357 g/mol. The average Bonchev–Trinajstić information content (AvgIpc) is 2.94. The number of piperidine rings is 1. The number of amides is 1. The molecule has 7 nitrogen and oxygen atoms in total. The highest BCUT2D eigenvalue weighted by Gasteiger charge is 2.43. The van der Waals surface area contributed by atoms with E-state index in [1.54, 1.807) is 0 Å². The number of hydrogen-bond donors (Lipinski definition) is 0. The first-order chi connectivity index (χ1) is 12.1. The molecule has 2 aliphatic rings. The molecule has 2 saturated heterocycles. The number of hydrogen-bond acceptors (Lipinski definition) is 5. The van der Waals surface area contributed by atoms with E-state index < -0.39 is 34.0 Å². The average molecular weight is 374 g/mol. The largest absolute Gasteiger partial charge is 0.416 e. The van der Waals surface area contributed by atoms with E-state index in [4.69, 9.17) is 9.47 Å². The van der Waals surface area contributed by atoms with E-state index in [0.717, 1.165) is 6.07 Å². The van der Waals surface area contributed by atoms with Crippen molar-refractivity contribution in [2.45, 2.75) is 37.8 Å². The number of alkyl halides is 3. The third kappa shape index (κ3) is 3.65. The smallest absolute Gasteiger partial charge is 0.347 e. The van der Waals surface area contributed by atoms with Crippen LogP contribution in [0, 0.1) is 10.1 Å². The molecule has 10 heteroatoms. The van der Waals surface area contributed by atoms with Crippen LogP contribution in [0.3, 0.4) is 0 Å². The van der Waals surface area contributed by atoms with Gasteiger partial charge in [-0.3, -0.25) is 14.9 Å². The standard InChI is InChI=1S/C16H17F3N2O5/c1-10-9-25-15(26-10)2-4-20(5-3-15)14(22)11-6-12(16(17,18)19)8-13(7-11)21(23)24/h6-8,10H,2-5,9H2,1H3/t10-/m0/s1. The van der Waals surface area contributed by atoms with Crippen molar-refractivity contribution in [3.05, 3.63) is 39.4 Å². The molecule has 3 rings (SSSR count). The Bertz CT molecular complexity index is 729. The van der Waals surface area contributed by atoms with E-state index in [9.17, 15) is 28.1 Å². The number of non-ortho nitro benzene ring substituents is 1.